The van der Waals surface area contributed by atoms with Crippen LogP contribution in [0.5, 0.6) is 11.5 Å². The molecule has 0 saturated heterocycles. The molecule has 0 atom stereocenters. The highest BCUT2D eigenvalue weighted by atomic mass is 32.2. The number of amides is 1. The molecule has 0 saturated carbocycles. The van der Waals surface area contributed by atoms with Crippen LogP contribution >= 0.6 is 11.3 Å². The van der Waals surface area contributed by atoms with E-state index in [4.69, 9.17) is 9.47 Å². The molecule has 3 aromatic heterocycles. The van der Waals surface area contributed by atoms with Gasteiger partial charge in [0, 0.05) is 21.7 Å². The van der Waals surface area contributed by atoms with E-state index in [-0.39, 0.29) is 41.6 Å². The van der Waals surface area contributed by atoms with Crippen molar-refractivity contribution in [2.75, 3.05) is 19.5 Å². The second kappa shape index (κ2) is 9.77. The van der Waals surface area contributed by atoms with Gasteiger partial charge in [-0.15, -0.1) is 11.3 Å². The average molecular weight is 621 g/mol. The number of ether oxygens (including phenoxy) is 2. The van der Waals surface area contributed by atoms with E-state index in [9.17, 15) is 36.0 Å². The predicted molar refractivity (Wildman–Crippen MR) is 147 cm³/mol. The molecule has 1 amide bonds. The van der Waals surface area contributed by atoms with Crippen LogP contribution in [0.1, 0.15) is 21.6 Å². The number of hydrogen-bond acceptors (Lipinski definition) is 8. The molecule has 0 unspecified atom stereocenters. The number of para-hydroxylation sites is 1. The maximum Gasteiger partial charge on any atom is 0.416 e. The number of hydrogen-bond donors (Lipinski definition) is 2. The number of carbonyl (C=O) groups excluding carboxylic acids is 1. The fourth-order valence-corrected chi connectivity index (χ4v) is 6.11. The number of aromatic amines is 1. The van der Waals surface area contributed by atoms with Gasteiger partial charge in [0.05, 0.1) is 40.5 Å². The van der Waals surface area contributed by atoms with E-state index in [0.717, 1.165) is 23.5 Å². The van der Waals surface area contributed by atoms with Gasteiger partial charge in [-0.2, -0.15) is 13.2 Å². The van der Waals surface area contributed by atoms with Crippen LogP contribution in [0.15, 0.2) is 56.7 Å². The van der Waals surface area contributed by atoms with Gasteiger partial charge in [-0.1, -0.05) is 12.1 Å². The van der Waals surface area contributed by atoms with Crippen LogP contribution < -0.4 is 25.4 Å². The van der Waals surface area contributed by atoms with Crippen LogP contribution in [-0.2, 0) is 22.7 Å². The van der Waals surface area contributed by atoms with E-state index in [0.29, 0.717) is 34.0 Å². The summed E-state index contributed by atoms with van der Waals surface area (Å²) in [4.78, 5) is 43.0. The summed E-state index contributed by atoms with van der Waals surface area (Å²) < 4.78 is 80.9. The summed E-state index contributed by atoms with van der Waals surface area (Å²) in [6, 6.07) is 7.52. The zero-order valence-corrected chi connectivity index (χ0v) is 23.1. The van der Waals surface area contributed by atoms with Crippen LogP contribution in [0.2, 0.25) is 0 Å². The van der Waals surface area contributed by atoms with Gasteiger partial charge in [-0.25, -0.2) is 22.5 Å². The molecule has 1 aliphatic heterocycles. The molecule has 0 radical (unpaired) electrons. The predicted octanol–water partition coefficient (Wildman–Crippen LogP) is 3.22. The Bertz CT molecular complexity index is 2140. The van der Waals surface area contributed by atoms with E-state index < -0.39 is 50.3 Å². The normalized spacial score (nSPS) is 13.5. The molecule has 2 aromatic carbocycles. The molecule has 0 spiro atoms. The summed E-state index contributed by atoms with van der Waals surface area (Å²) >= 11 is 1.11. The van der Waals surface area contributed by atoms with Crippen molar-refractivity contribution < 1.29 is 35.9 Å². The third kappa shape index (κ3) is 4.71. The Morgan fingerprint density at radius 3 is 2.60 bits per heavy atom. The smallest absolute Gasteiger partial charge is 0.416 e. The summed E-state index contributed by atoms with van der Waals surface area (Å²) in [5, 5.41) is 2.71. The van der Waals surface area contributed by atoms with Crippen LogP contribution in [-0.4, -0.2) is 47.9 Å². The van der Waals surface area contributed by atoms with Crippen molar-refractivity contribution in [2.45, 2.75) is 12.7 Å². The monoisotopic (exact) mass is 620 g/mol. The first-order chi connectivity index (χ1) is 19.8. The van der Waals surface area contributed by atoms with Gasteiger partial charge in [-0.05, 0) is 24.3 Å². The fraction of sp³-hybridized carbons (Fsp3) is 0.192. The number of carbonyl (C=O) groups is 1. The molecule has 6 rings (SSSR count). The summed E-state index contributed by atoms with van der Waals surface area (Å²) in [7, 11) is -4.20. The molecule has 5 aromatic rings. The number of halogens is 3. The summed E-state index contributed by atoms with van der Waals surface area (Å²) in [5.41, 5.74) is -3.45. The molecule has 0 aliphatic carbocycles. The van der Waals surface area contributed by atoms with Crippen LogP contribution in [0, 0.1) is 0 Å². The lowest BCUT2D eigenvalue weighted by Gasteiger charge is -2.22. The second-order valence-corrected chi connectivity index (χ2v) is 11.9. The molecule has 218 valence electrons. The van der Waals surface area contributed by atoms with Crippen molar-refractivity contribution in [3.05, 3.63) is 84.8 Å². The zero-order chi connectivity index (χ0) is 30.0. The minimum Gasteiger partial charge on any atom is -0.486 e. The topological polar surface area (TPSA) is 141 Å². The van der Waals surface area contributed by atoms with Crippen molar-refractivity contribution in [3.63, 3.8) is 0 Å². The Morgan fingerprint density at radius 1 is 1.10 bits per heavy atom. The SMILES string of the molecule is CS(=O)(=O)NC(=O)c1c(-n2c(=O)[nH]c3cscc3c2=O)c2cc(C(F)(F)F)ccc2n1Cc1cccc2c1OCCO2. The van der Waals surface area contributed by atoms with Gasteiger partial charge in [0.1, 0.15) is 18.9 Å². The van der Waals surface area contributed by atoms with Gasteiger partial charge in [0.15, 0.2) is 11.5 Å². The van der Waals surface area contributed by atoms with E-state index >= 15 is 0 Å². The molecule has 11 nitrogen and oxygen atoms in total. The lowest BCUT2D eigenvalue weighted by atomic mass is 10.1. The molecular weight excluding hydrogens is 601 g/mol. The molecule has 1 aliphatic rings. The third-order valence-corrected chi connectivity index (χ3v) is 7.90. The third-order valence-electron chi connectivity index (χ3n) is 6.60. The lowest BCUT2D eigenvalue weighted by Crippen LogP contribution is -2.37. The first-order valence-corrected chi connectivity index (χ1v) is 15.0. The Labute approximate surface area is 237 Å². The molecule has 42 heavy (non-hydrogen) atoms. The average Bonchev–Trinajstić information content (AvgIpc) is 3.50. The largest absolute Gasteiger partial charge is 0.486 e. The maximum absolute atomic E-state index is 13.9. The van der Waals surface area contributed by atoms with Crippen molar-refractivity contribution in [3.8, 4) is 17.2 Å². The number of fused-ring (bicyclic) bond motifs is 3. The second-order valence-electron chi connectivity index (χ2n) is 9.43. The number of benzene rings is 2. The Hall–Kier alpha value is -4.57. The van der Waals surface area contributed by atoms with Gasteiger partial charge >= 0.3 is 11.9 Å². The van der Waals surface area contributed by atoms with Crippen molar-refractivity contribution in [1.29, 1.82) is 0 Å². The van der Waals surface area contributed by atoms with E-state index in [1.165, 1.54) is 15.3 Å². The summed E-state index contributed by atoms with van der Waals surface area (Å²) in [5.74, 6) is -0.549. The van der Waals surface area contributed by atoms with Crippen LogP contribution in [0.3, 0.4) is 0 Å². The van der Waals surface area contributed by atoms with E-state index in [1.54, 1.807) is 18.2 Å². The highest BCUT2D eigenvalue weighted by molar-refractivity contribution is 7.89. The minimum atomic E-state index is -4.82. The van der Waals surface area contributed by atoms with Gasteiger partial charge < -0.3 is 19.0 Å². The van der Waals surface area contributed by atoms with Crippen LogP contribution in [0.4, 0.5) is 13.2 Å². The quantitative estimate of drug-likeness (QED) is 0.307. The van der Waals surface area contributed by atoms with Gasteiger partial charge in [0.25, 0.3) is 11.5 Å². The number of nitrogens with zero attached hydrogens (tertiary/aromatic N) is 2. The highest BCUT2D eigenvalue weighted by Crippen LogP contribution is 2.39. The molecule has 0 bridgehead atoms. The number of nitrogens with one attached hydrogen (secondary N) is 2. The standard InChI is InChI=1S/C26H19F3N4O7S2/c1-42(37,38)31-23(34)21-20(33-24(35)16-11-41-12-17(16)30-25(33)36)15-9-14(26(27,28)29)5-6-18(15)32(21)10-13-3-2-4-19-22(13)40-8-7-39-19/h2-6,9,11-12H,7-8,10H2,1H3,(H,30,36)(H,31,34). The number of H-pyrrole nitrogens is 1. The van der Waals surface area contributed by atoms with Gasteiger partial charge in [-0.3, -0.25) is 9.59 Å². The zero-order valence-electron chi connectivity index (χ0n) is 21.4. The molecule has 0 fully saturated rings. The number of alkyl halides is 3. The summed E-state index contributed by atoms with van der Waals surface area (Å²) in [6.45, 7) is 0.268. The Morgan fingerprint density at radius 2 is 1.86 bits per heavy atom. The lowest BCUT2D eigenvalue weighted by molar-refractivity contribution is -0.137. The van der Waals surface area contributed by atoms with Crippen molar-refractivity contribution >= 4 is 49.1 Å². The van der Waals surface area contributed by atoms with E-state index in [1.807, 2.05) is 4.72 Å². The molecule has 4 heterocycles. The summed E-state index contributed by atoms with van der Waals surface area (Å²) in [6.07, 6.45) is -4.10. The van der Waals surface area contributed by atoms with Crippen LogP contribution in [0.25, 0.3) is 27.5 Å². The first-order valence-electron chi connectivity index (χ1n) is 12.2. The maximum atomic E-state index is 13.9. The molecule has 2 N–H and O–H groups in total. The molecule has 16 heteroatoms. The highest BCUT2D eigenvalue weighted by Gasteiger charge is 2.34. The molecular formula is C26H19F3N4O7S2. The van der Waals surface area contributed by atoms with Crippen molar-refractivity contribution in [1.82, 2.24) is 18.8 Å². The number of thiophene rings is 1. The number of sulfonamides is 1. The number of rotatable bonds is 5. The fourth-order valence-electron chi connectivity index (χ4n) is 4.93. The first kappa shape index (κ1) is 27.6. The Balaban J connectivity index is 1.74. The van der Waals surface area contributed by atoms with Gasteiger partial charge in [0.2, 0.25) is 10.0 Å². The minimum absolute atomic E-state index is 0.0164. The number of aromatic nitrogens is 3. The van der Waals surface area contributed by atoms with Crippen molar-refractivity contribution in [2.24, 2.45) is 0 Å². The van der Waals surface area contributed by atoms with E-state index in [2.05, 4.69) is 4.98 Å². The Kier molecular flexibility index (Phi) is 6.42.